The minimum atomic E-state index is -0.389. The fraction of sp³-hybridized carbons (Fsp3) is 0.167. The first-order chi connectivity index (χ1) is 15.1. The average molecular weight is 433 g/mol. The second-order valence-corrected chi connectivity index (χ2v) is 8.02. The summed E-state index contributed by atoms with van der Waals surface area (Å²) in [6.07, 6.45) is 4.64. The number of carbonyl (C=O) groups is 2. The van der Waals surface area contributed by atoms with E-state index >= 15 is 0 Å². The topological polar surface area (TPSA) is 78.9 Å². The third kappa shape index (κ3) is 3.15. The van der Waals surface area contributed by atoms with Gasteiger partial charge in [-0.3, -0.25) is 14.9 Å². The Balaban J connectivity index is 1.76. The largest absolute Gasteiger partial charge is 0.361 e. The number of aromatic amines is 1. The van der Waals surface area contributed by atoms with E-state index in [0.717, 1.165) is 41.3 Å². The zero-order chi connectivity index (χ0) is 21.5. The predicted molar refractivity (Wildman–Crippen MR) is 124 cm³/mol. The standard InChI is InChI=1S/C24H21ClN4O2/c1-26-10-5-11-29-13-17(15-7-4-8-18(25)22(15)29)21-20(23(30)28-24(21)31)16-12-27-19-9-3-2-6-14(16)19/h2-4,6-9,12-13,26-27H,5,10-11H2,1H3,(H,28,30,31). The maximum atomic E-state index is 13.0. The van der Waals surface area contributed by atoms with Gasteiger partial charge >= 0.3 is 0 Å². The van der Waals surface area contributed by atoms with Crippen molar-refractivity contribution in [3.8, 4) is 0 Å². The van der Waals surface area contributed by atoms with Crippen LogP contribution in [0.4, 0.5) is 0 Å². The number of H-pyrrole nitrogens is 1. The number of halogens is 1. The number of imide groups is 1. The molecule has 0 bridgehead atoms. The molecule has 2 aromatic carbocycles. The van der Waals surface area contributed by atoms with E-state index in [1.165, 1.54) is 0 Å². The Bertz CT molecular complexity index is 1380. The van der Waals surface area contributed by atoms with Crippen molar-refractivity contribution in [2.45, 2.75) is 13.0 Å². The highest BCUT2D eigenvalue weighted by Gasteiger charge is 2.35. The van der Waals surface area contributed by atoms with Gasteiger partial charge < -0.3 is 14.9 Å². The minimum absolute atomic E-state index is 0.384. The molecule has 5 rings (SSSR count). The zero-order valence-corrected chi connectivity index (χ0v) is 17.7. The van der Waals surface area contributed by atoms with Crippen LogP contribution in [0.25, 0.3) is 33.0 Å². The van der Waals surface area contributed by atoms with Crippen molar-refractivity contribution < 1.29 is 9.59 Å². The molecule has 0 saturated carbocycles. The first kappa shape index (κ1) is 19.6. The van der Waals surface area contributed by atoms with Crippen molar-refractivity contribution in [2.24, 2.45) is 0 Å². The van der Waals surface area contributed by atoms with Crippen LogP contribution in [-0.4, -0.2) is 35.0 Å². The van der Waals surface area contributed by atoms with E-state index < -0.39 is 0 Å². The zero-order valence-electron chi connectivity index (χ0n) is 17.0. The molecule has 0 radical (unpaired) electrons. The Labute approximate surface area is 183 Å². The number of hydrogen-bond donors (Lipinski definition) is 3. The summed E-state index contributed by atoms with van der Waals surface area (Å²) in [5.74, 6) is -0.776. The van der Waals surface area contributed by atoms with Gasteiger partial charge in [-0.15, -0.1) is 0 Å². The summed E-state index contributed by atoms with van der Waals surface area (Å²) >= 11 is 6.55. The van der Waals surface area contributed by atoms with Crippen LogP contribution in [0.5, 0.6) is 0 Å². The third-order valence-electron chi connectivity index (χ3n) is 5.73. The van der Waals surface area contributed by atoms with Crippen LogP contribution in [0.1, 0.15) is 17.5 Å². The van der Waals surface area contributed by atoms with E-state index in [9.17, 15) is 9.59 Å². The predicted octanol–water partition coefficient (Wildman–Crippen LogP) is 3.95. The van der Waals surface area contributed by atoms with Crippen molar-refractivity contribution in [2.75, 3.05) is 13.6 Å². The first-order valence-corrected chi connectivity index (χ1v) is 10.6. The molecule has 1 aliphatic heterocycles. The Morgan fingerprint density at radius 1 is 0.968 bits per heavy atom. The highest BCUT2D eigenvalue weighted by atomic mass is 35.5. The lowest BCUT2D eigenvalue weighted by Crippen LogP contribution is -2.22. The summed E-state index contributed by atoms with van der Waals surface area (Å²) in [4.78, 5) is 29.1. The molecule has 0 saturated heterocycles. The van der Waals surface area contributed by atoms with E-state index in [1.807, 2.05) is 55.7 Å². The average Bonchev–Trinajstić information content (AvgIpc) is 3.42. The number of nitrogens with one attached hydrogen (secondary N) is 3. The molecule has 0 atom stereocenters. The van der Waals surface area contributed by atoms with Crippen LogP contribution in [0.2, 0.25) is 5.02 Å². The number of amides is 2. The monoisotopic (exact) mass is 432 g/mol. The summed E-state index contributed by atoms with van der Waals surface area (Å²) in [5, 5.41) is 8.01. The van der Waals surface area contributed by atoms with Gasteiger partial charge in [0.25, 0.3) is 11.8 Å². The lowest BCUT2D eigenvalue weighted by atomic mass is 9.95. The minimum Gasteiger partial charge on any atom is -0.361 e. The van der Waals surface area contributed by atoms with Gasteiger partial charge in [0.1, 0.15) is 0 Å². The summed E-state index contributed by atoms with van der Waals surface area (Å²) in [7, 11) is 1.92. The highest BCUT2D eigenvalue weighted by Crippen LogP contribution is 2.39. The van der Waals surface area contributed by atoms with Gasteiger partial charge in [0.2, 0.25) is 0 Å². The molecule has 1 aliphatic rings. The third-order valence-corrected chi connectivity index (χ3v) is 6.04. The van der Waals surface area contributed by atoms with E-state index in [1.54, 1.807) is 6.20 Å². The van der Waals surface area contributed by atoms with Gasteiger partial charge in [-0.1, -0.05) is 41.9 Å². The molecule has 6 nitrogen and oxygen atoms in total. The molecule has 156 valence electrons. The molecule has 0 fully saturated rings. The van der Waals surface area contributed by atoms with E-state index in [-0.39, 0.29) is 11.8 Å². The van der Waals surface area contributed by atoms with E-state index in [0.29, 0.717) is 27.3 Å². The van der Waals surface area contributed by atoms with Crippen molar-refractivity contribution in [3.05, 3.63) is 71.0 Å². The van der Waals surface area contributed by atoms with Gasteiger partial charge in [-0.25, -0.2) is 0 Å². The second-order valence-electron chi connectivity index (χ2n) is 7.61. The maximum absolute atomic E-state index is 13.0. The second kappa shape index (κ2) is 7.72. The Hall–Kier alpha value is -3.35. The van der Waals surface area contributed by atoms with Gasteiger partial charge in [0.15, 0.2) is 0 Å². The van der Waals surface area contributed by atoms with Gasteiger partial charge in [0, 0.05) is 46.4 Å². The fourth-order valence-electron chi connectivity index (χ4n) is 4.36. The van der Waals surface area contributed by atoms with Gasteiger partial charge in [-0.2, -0.15) is 0 Å². The lowest BCUT2D eigenvalue weighted by Gasteiger charge is -2.06. The van der Waals surface area contributed by atoms with Crippen molar-refractivity contribution in [3.63, 3.8) is 0 Å². The molecule has 0 unspecified atom stereocenters. The number of fused-ring (bicyclic) bond motifs is 2. The molecule has 31 heavy (non-hydrogen) atoms. The van der Waals surface area contributed by atoms with Crippen LogP contribution in [-0.2, 0) is 16.1 Å². The number of nitrogens with zero attached hydrogens (tertiary/aromatic N) is 1. The first-order valence-electron chi connectivity index (χ1n) is 10.2. The summed E-state index contributed by atoms with van der Waals surface area (Å²) in [6.45, 7) is 1.61. The van der Waals surface area contributed by atoms with Crippen molar-refractivity contribution in [1.82, 2.24) is 20.2 Å². The number of hydrogen-bond acceptors (Lipinski definition) is 3. The number of aromatic nitrogens is 2. The molecule has 0 aliphatic carbocycles. The Kier molecular flexibility index (Phi) is 4.88. The molecule has 3 heterocycles. The lowest BCUT2D eigenvalue weighted by molar-refractivity contribution is -0.122. The molecule has 0 spiro atoms. The van der Waals surface area contributed by atoms with Crippen LogP contribution in [0, 0.1) is 0 Å². The molecule has 2 aromatic heterocycles. The number of aryl methyl sites for hydroxylation is 1. The van der Waals surface area contributed by atoms with Crippen LogP contribution >= 0.6 is 11.6 Å². The Morgan fingerprint density at radius 3 is 2.52 bits per heavy atom. The van der Waals surface area contributed by atoms with Gasteiger partial charge in [0.05, 0.1) is 21.7 Å². The Morgan fingerprint density at radius 2 is 1.71 bits per heavy atom. The number of carbonyl (C=O) groups excluding carboxylic acids is 2. The molecule has 4 aromatic rings. The number of rotatable bonds is 6. The van der Waals surface area contributed by atoms with E-state index in [4.69, 9.17) is 11.6 Å². The van der Waals surface area contributed by atoms with Crippen LogP contribution in [0.15, 0.2) is 54.9 Å². The molecular weight excluding hydrogens is 412 g/mol. The van der Waals surface area contributed by atoms with E-state index in [2.05, 4.69) is 20.2 Å². The van der Waals surface area contributed by atoms with Crippen LogP contribution < -0.4 is 10.6 Å². The molecule has 2 amide bonds. The molecular formula is C24H21ClN4O2. The smallest absolute Gasteiger partial charge is 0.259 e. The summed E-state index contributed by atoms with van der Waals surface area (Å²) < 4.78 is 2.07. The maximum Gasteiger partial charge on any atom is 0.259 e. The van der Waals surface area contributed by atoms with Crippen molar-refractivity contribution >= 4 is 56.4 Å². The number of para-hydroxylation sites is 2. The number of benzene rings is 2. The molecule has 3 N–H and O–H groups in total. The fourth-order valence-corrected chi connectivity index (χ4v) is 4.65. The van der Waals surface area contributed by atoms with Crippen molar-refractivity contribution in [1.29, 1.82) is 0 Å². The normalized spacial score (nSPS) is 14.3. The van der Waals surface area contributed by atoms with Gasteiger partial charge in [-0.05, 0) is 32.1 Å². The summed E-state index contributed by atoms with van der Waals surface area (Å²) in [6, 6.07) is 13.4. The van der Waals surface area contributed by atoms with Crippen LogP contribution in [0.3, 0.4) is 0 Å². The quantitative estimate of drug-likeness (QED) is 0.319. The highest BCUT2D eigenvalue weighted by molar-refractivity contribution is 6.51. The summed E-state index contributed by atoms with van der Waals surface area (Å²) in [5.41, 5.74) is 3.98. The molecule has 7 heteroatoms. The SMILES string of the molecule is CNCCCn1cc(C2=C(c3c[nH]c4ccccc34)C(=O)NC2=O)c2cccc(Cl)c21.